The zero-order valence-electron chi connectivity index (χ0n) is 7.90. The summed E-state index contributed by atoms with van der Waals surface area (Å²) >= 11 is 0. The average Bonchev–Trinajstić information content (AvgIpc) is 2.82. The number of carboxylic acids is 1. The normalized spacial score (nSPS) is 14.9. The van der Waals surface area contributed by atoms with E-state index in [0.29, 0.717) is 12.3 Å². The molecule has 0 bridgehead atoms. The zero-order valence-corrected chi connectivity index (χ0v) is 7.90. The first-order valence-electron chi connectivity index (χ1n) is 4.64. The van der Waals surface area contributed by atoms with Gasteiger partial charge in [-0.15, -0.1) is 0 Å². The molecule has 0 atom stereocenters. The van der Waals surface area contributed by atoms with E-state index in [2.05, 4.69) is 10.3 Å². The van der Waals surface area contributed by atoms with Crippen molar-refractivity contribution in [1.82, 2.24) is 4.98 Å². The van der Waals surface area contributed by atoms with Gasteiger partial charge < -0.3 is 9.52 Å². The van der Waals surface area contributed by atoms with Crippen LogP contribution in [0.3, 0.4) is 0 Å². The van der Waals surface area contributed by atoms with Gasteiger partial charge in [0, 0.05) is 6.42 Å². The van der Waals surface area contributed by atoms with Crippen LogP contribution < -0.4 is 5.32 Å². The maximum Gasteiger partial charge on any atom is 0.373 e. The van der Waals surface area contributed by atoms with Gasteiger partial charge in [-0.05, 0) is 18.8 Å². The van der Waals surface area contributed by atoms with Gasteiger partial charge >= 0.3 is 12.0 Å². The van der Waals surface area contributed by atoms with E-state index in [-0.39, 0.29) is 17.7 Å². The third-order valence-corrected chi connectivity index (χ3v) is 2.13. The summed E-state index contributed by atoms with van der Waals surface area (Å²) in [7, 11) is 0. The van der Waals surface area contributed by atoms with Crippen LogP contribution in [-0.4, -0.2) is 22.0 Å². The minimum absolute atomic E-state index is 0.0574. The molecule has 0 aliphatic heterocycles. The van der Waals surface area contributed by atoms with Crippen LogP contribution in [-0.2, 0) is 4.79 Å². The summed E-state index contributed by atoms with van der Waals surface area (Å²) < 4.78 is 4.78. The van der Waals surface area contributed by atoms with E-state index in [1.54, 1.807) is 0 Å². The van der Waals surface area contributed by atoms with E-state index >= 15 is 0 Å². The van der Waals surface area contributed by atoms with Gasteiger partial charge in [-0.3, -0.25) is 10.1 Å². The number of oxazole rings is 1. The highest BCUT2D eigenvalue weighted by Gasteiger charge is 2.25. The first-order valence-corrected chi connectivity index (χ1v) is 4.64. The summed E-state index contributed by atoms with van der Waals surface area (Å²) in [5.74, 6) is -1.20. The van der Waals surface area contributed by atoms with Crippen molar-refractivity contribution < 1.29 is 19.1 Å². The van der Waals surface area contributed by atoms with E-state index in [0.717, 1.165) is 19.0 Å². The lowest BCUT2D eigenvalue weighted by Gasteiger charge is -1.97. The molecule has 0 saturated heterocycles. The number of amides is 1. The van der Waals surface area contributed by atoms with Crippen molar-refractivity contribution in [2.75, 3.05) is 5.32 Å². The molecule has 1 aliphatic carbocycles. The zero-order chi connectivity index (χ0) is 10.8. The third kappa shape index (κ3) is 2.55. The van der Waals surface area contributed by atoms with Crippen LogP contribution in [0.25, 0.3) is 0 Å². The number of hydrogen-bond donors (Lipinski definition) is 2. The van der Waals surface area contributed by atoms with Gasteiger partial charge in [-0.25, -0.2) is 9.78 Å². The van der Waals surface area contributed by atoms with Gasteiger partial charge in [0.25, 0.3) is 0 Å². The molecule has 1 heterocycles. The predicted molar refractivity (Wildman–Crippen MR) is 49.4 cm³/mol. The molecule has 1 aromatic rings. The number of nitrogens with one attached hydrogen (secondary N) is 1. The molecule has 1 saturated carbocycles. The van der Waals surface area contributed by atoms with Crippen LogP contribution in [0.2, 0.25) is 0 Å². The largest absolute Gasteiger partial charge is 0.475 e. The van der Waals surface area contributed by atoms with Crippen molar-refractivity contribution >= 4 is 17.9 Å². The lowest BCUT2D eigenvalue weighted by molar-refractivity contribution is -0.116. The number of carbonyl (C=O) groups is 2. The highest BCUT2D eigenvalue weighted by molar-refractivity contribution is 5.89. The minimum atomic E-state index is -1.20. The summed E-state index contributed by atoms with van der Waals surface area (Å²) in [6.07, 6.45) is 3.68. The van der Waals surface area contributed by atoms with Crippen molar-refractivity contribution in [3.63, 3.8) is 0 Å². The number of aromatic carboxylic acids is 1. The van der Waals surface area contributed by atoms with E-state index in [9.17, 15) is 9.59 Å². The topological polar surface area (TPSA) is 92.4 Å². The number of hydrogen-bond acceptors (Lipinski definition) is 4. The Bertz CT molecular complexity index is 395. The Morgan fingerprint density at radius 3 is 2.87 bits per heavy atom. The molecule has 15 heavy (non-hydrogen) atoms. The molecule has 0 spiro atoms. The van der Waals surface area contributed by atoms with E-state index in [1.807, 2.05) is 0 Å². The number of rotatable bonds is 4. The SMILES string of the molecule is O=C(CC1CC1)Nc1ncc(C(=O)O)o1. The van der Waals surface area contributed by atoms with E-state index in [4.69, 9.17) is 9.52 Å². The van der Waals surface area contributed by atoms with Crippen LogP contribution in [0.15, 0.2) is 10.6 Å². The first kappa shape index (κ1) is 9.70. The molecule has 80 valence electrons. The highest BCUT2D eigenvalue weighted by Crippen LogP contribution is 2.32. The summed E-state index contributed by atoms with van der Waals surface area (Å²) in [4.78, 5) is 25.4. The monoisotopic (exact) mass is 210 g/mol. The van der Waals surface area contributed by atoms with Crippen molar-refractivity contribution in [3.05, 3.63) is 12.0 Å². The molecule has 1 aromatic heterocycles. The summed E-state index contributed by atoms with van der Waals surface area (Å²) in [5.41, 5.74) is 0. The molecule has 2 N–H and O–H groups in total. The van der Waals surface area contributed by atoms with Crippen LogP contribution >= 0.6 is 0 Å². The van der Waals surface area contributed by atoms with Gasteiger partial charge in [-0.1, -0.05) is 0 Å². The van der Waals surface area contributed by atoms with E-state index in [1.165, 1.54) is 0 Å². The number of aromatic nitrogens is 1. The van der Waals surface area contributed by atoms with Crippen molar-refractivity contribution in [2.45, 2.75) is 19.3 Å². The molecule has 1 fully saturated rings. The second kappa shape index (κ2) is 3.72. The molecule has 0 aromatic carbocycles. The second-order valence-electron chi connectivity index (χ2n) is 3.53. The van der Waals surface area contributed by atoms with Gasteiger partial charge in [0.1, 0.15) is 0 Å². The van der Waals surface area contributed by atoms with E-state index < -0.39 is 5.97 Å². The average molecular weight is 210 g/mol. The Hall–Kier alpha value is -1.85. The molecule has 0 unspecified atom stereocenters. The molecular weight excluding hydrogens is 200 g/mol. The molecule has 1 amide bonds. The third-order valence-electron chi connectivity index (χ3n) is 2.13. The summed E-state index contributed by atoms with van der Waals surface area (Å²) in [5, 5.41) is 10.9. The highest BCUT2D eigenvalue weighted by atomic mass is 16.4. The lowest BCUT2D eigenvalue weighted by Crippen LogP contribution is -2.12. The fourth-order valence-corrected chi connectivity index (χ4v) is 1.19. The van der Waals surface area contributed by atoms with Crippen LogP contribution in [0.1, 0.15) is 29.8 Å². The number of carboxylic acid groups (broad SMARTS) is 1. The standard InChI is InChI=1S/C9H10N2O4/c12-7(3-5-1-2-5)11-9-10-4-6(15-9)8(13)14/h4-5H,1-3H2,(H,13,14)(H,10,11,12). The molecule has 2 rings (SSSR count). The fraction of sp³-hybridized carbons (Fsp3) is 0.444. The molecule has 6 nitrogen and oxygen atoms in total. The van der Waals surface area contributed by atoms with Crippen molar-refractivity contribution in [2.24, 2.45) is 5.92 Å². The molecule has 6 heteroatoms. The number of anilines is 1. The molecule has 1 aliphatic rings. The van der Waals surface area contributed by atoms with Gasteiger partial charge in [0.05, 0.1) is 6.20 Å². The predicted octanol–water partition coefficient (Wildman–Crippen LogP) is 1.11. The number of carbonyl (C=O) groups excluding carboxylic acids is 1. The summed E-state index contributed by atoms with van der Waals surface area (Å²) in [6, 6.07) is -0.0574. The van der Waals surface area contributed by atoms with Crippen molar-refractivity contribution in [1.29, 1.82) is 0 Å². The Kier molecular flexibility index (Phi) is 2.40. The van der Waals surface area contributed by atoms with Crippen molar-refractivity contribution in [3.8, 4) is 0 Å². The van der Waals surface area contributed by atoms with Crippen LogP contribution in [0.5, 0.6) is 0 Å². The van der Waals surface area contributed by atoms with Gasteiger partial charge in [0.15, 0.2) is 0 Å². The maximum atomic E-state index is 11.3. The van der Waals surface area contributed by atoms with Crippen LogP contribution in [0.4, 0.5) is 6.01 Å². The number of nitrogens with zero attached hydrogens (tertiary/aromatic N) is 1. The molecular formula is C9H10N2O4. The quantitative estimate of drug-likeness (QED) is 0.776. The lowest BCUT2D eigenvalue weighted by atomic mass is 10.3. The maximum absolute atomic E-state index is 11.3. The van der Waals surface area contributed by atoms with Gasteiger partial charge in [0.2, 0.25) is 11.7 Å². The smallest absolute Gasteiger partial charge is 0.373 e. The minimum Gasteiger partial charge on any atom is -0.475 e. The Morgan fingerprint density at radius 2 is 2.33 bits per heavy atom. The first-order chi connectivity index (χ1) is 7.15. The Morgan fingerprint density at radius 1 is 1.60 bits per heavy atom. The Labute approximate surface area is 85.3 Å². The molecule has 0 radical (unpaired) electrons. The Balaban J connectivity index is 1.91. The summed E-state index contributed by atoms with van der Waals surface area (Å²) in [6.45, 7) is 0. The second-order valence-corrected chi connectivity index (χ2v) is 3.53. The van der Waals surface area contributed by atoms with Crippen LogP contribution in [0, 0.1) is 5.92 Å². The fourth-order valence-electron chi connectivity index (χ4n) is 1.19. The van der Waals surface area contributed by atoms with Gasteiger partial charge in [-0.2, -0.15) is 0 Å².